The first-order valence-electron chi connectivity index (χ1n) is 6.74. The highest BCUT2D eigenvalue weighted by molar-refractivity contribution is 5.85. The Morgan fingerprint density at radius 1 is 1.24 bits per heavy atom. The predicted molar refractivity (Wildman–Crippen MR) is 87.1 cm³/mol. The highest BCUT2D eigenvalue weighted by Crippen LogP contribution is 2.19. The van der Waals surface area contributed by atoms with Crippen LogP contribution in [0.15, 0.2) is 30.9 Å². The largest absolute Gasteiger partial charge is 0.337 e. The first kappa shape index (κ1) is 18.0. The maximum atomic E-state index is 4.49. The maximum absolute atomic E-state index is 4.49. The van der Waals surface area contributed by atoms with Crippen LogP contribution in [0.3, 0.4) is 0 Å². The number of imidazole rings is 1. The standard InChI is InChI=1S/C13H20N6.2ClH/c1-17-7-5-15-13(17)12-11-14-4-8-18(12)9-10-19-6-2-3-16-19;;/h2-3,5-7,12,14H,4,8-11H2,1H3;2*1H. The lowest BCUT2D eigenvalue weighted by Crippen LogP contribution is -2.47. The summed E-state index contributed by atoms with van der Waals surface area (Å²) in [6.45, 7) is 4.98. The van der Waals surface area contributed by atoms with Crippen molar-refractivity contribution >= 4 is 24.8 Å². The van der Waals surface area contributed by atoms with Gasteiger partial charge in [0.15, 0.2) is 0 Å². The van der Waals surface area contributed by atoms with Crippen molar-refractivity contribution in [3.05, 3.63) is 36.7 Å². The number of aryl methyl sites for hydroxylation is 1. The van der Waals surface area contributed by atoms with E-state index in [-0.39, 0.29) is 24.8 Å². The zero-order valence-electron chi connectivity index (χ0n) is 12.1. The van der Waals surface area contributed by atoms with Crippen molar-refractivity contribution in [2.45, 2.75) is 12.6 Å². The molecule has 1 aliphatic heterocycles. The number of rotatable bonds is 4. The van der Waals surface area contributed by atoms with Crippen LogP contribution in [0, 0.1) is 0 Å². The van der Waals surface area contributed by atoms with E-state index in [2.05, 4.69) is 31.9 Å². The quantitative estimate of drug-likeness (QED) is 0.911. The molecule has 0 radical (unpaired) electrons. The summed E-state index contributed by atoms with van der Waals surface area (Å²) in [6, 6.07) is 2.32. The Morgan fingerprint density at radius 2 is 2.10 bits per heavy atom. The van der Waals surface area contributed by atoms with Gasteiger partial charge in [-0.2, -0.15) is 5.10 Å². The second-order valence-corrected chi connectivity index (χ2v) is 4.92. The zero-order chi connectivity index (χ0) is 13.1. The number of nitrogens with zero attached hydrogens (tertiary/aromatic N) is 5. The SMILES string of the molecule is Cl.Cl.Cn1ccnc1C1CNCCN1CCn1cccn1. The van der Waals surface area contributed by atoms with Gasteiger partial charge in [-0.15, -0.1) is 24.8 Å². The number of hydrogen-bond donors (Lipinski definition) is 1. The van der Waals surface area contributed by atoms with E-state index in [4.69, 9.17) is 0 Å². The van der Waals surface area contributed by atoms with E-state index in [1.807, 2.05) is 35.5 Å². The molecule has 0 aliphatic carbocycles. The summed E-state index contributed by atoms with van der Waals surface area (Å²) < 4.78 is 4.09. The van der Waals surface area contributed by atoms with Crippen LogP contribution < -0.4 is 5.32 Å². The van der Waals surface area contributed by atoms with E-state index >= 15 is 0 Å². The molecule has 1 atom stereocenters. The van der Waals surface area contributed by atoms with E-state index in [1.54, 1.807) is 0 Å². The minimum absolute atomic E-state index is 0. The van der Waals surface area contributed by atoms with Gasteiger partial charge < -0.3 is 9.88 Å². The van der Waals surface area contributed by atoms with Gasteiger partial charge in [0.25, 0.3) is 0 Å². The number of nitrogens with one attached hydrogen (secondary N) is 1. The molecule has 1 fully saturated rings. The lowest BCUT2D eigenvalue weighted by molar-refractivity contribution is 0.145. The summed E-state index contributed by atoms with van der Waals surface area (Å²) in [5, 5.41) is 7.72. The van der Waals surface area contributed by atoms with Crippen LogP contribution in [-0.2, 0) is 13.6 Å². The van der Waals surface area contributed by atoms with Gasteiger partial charge in [0, 0.05) is 58.0 Å². The molecule has 1 saturated heterocycles. The second kappa shape index (κ2) is 8.38. The molecule has 0 saturated carbocycles. The third-order valence-electron chi connectivity index (χ3n) is 3.69. The minimum Gasteiger partial charge on any atom is -0.337 e. The second-order valence-electron chi connectivity index (χ2n) is 4.92. The maximum Gasteiger partial charge on any atom is 0.127 e. The molecule has 2 aromatic heterocycles. The summed E-state index contributed by atoms with van der Waals surface area (Å²) in [7, 11) is 2.06. The monoisotopic (exact) mass is 332 g/mol. The first-order chi connectivity index (χ1) is 9.34. The fourth-order valence-electron chi connectivity index (χ4n) is 2.63. The zero-order valence-corrected chi connectivity index (χ0v) is 13.7. The van der Waals surface area contributed by atoms with Crippen LogP contribution in [0.25, 0.3) is 0 Å². The molecule has 0 amide bonds. The molecule has 1 unspecified atom stereocenters. The van der Waals surface area contributed by atoms with Crippen LogP contribution in [0.1, 0.15) is 11.9 Å². The number of halogens is 2. The van der Waals surface area contributed by atoms with E-state index in [1.165, 1.54) is 0 Å². The Bertz CT molecular complexity index is 512. The fourth-order valence-corrected chi connectivity index (χ4v) is 2.63. The van der Waals surface area contributed by atoms with Gasteiger partial charge in [-0.05, 0) is 6.07 Å². The third kappa shape index (κ3) is 4.20. The van der Waals surface area contributed by atoms with Gasteiger partial charge in [-0.3, -0.25) is 9.58 Å². The first-order valence-corrected chi connectivity index (χ1v) is 6.74. The van der Waals surface area contributed by atoms with E-state index in [0.29, 0.717) is 6.04 Å². The molecule has 8 heteroatoms. The highest BCUT2D eigenvalue weighted by Gasteiger charge is 2.26. The molecule has 2 aromatic rings. The molecule has 1 N–H and O–H groups in total. The molecular weight excluding hydrogens is 311 g/mol. The Morgan fingerprint density at radius 3 is 2.76 bits per heavy atom. The molecule has 21 heavy (non-hydrogen) atoms. The van der Waals surface area contributed by atoms with Gasteiger partial charge in [0.1, 0.15) is 5.82 Å². The van der Waals surface area contributed by atoms with Gasteiger partial charge in [-0.1, -0.05) is 0 Å². The number of hydrogen-bond acceptors (Lipinski definition) is 4. The van der Waals surface area contributed by atoms with E-state index in [9.17, 15) is 0 Å². The molecule has 0 spiro atoms. The van der Waals surface area contributed by atoms with Gasteiger partial charge in [0.2, 0.25) is 0 Å². The van der Waals surface area contributed by atoms with Crippen LogP contribution in [0.4, 0.5) is 0 Å². The van der Waals surface area contributed by atoms with Gasteiger partial charge in [0.05, 0.1) is 12.6 Å². The van der Waals surface area contributed by atoms with Gasteiger partial charge in [-0.25, -0.2) is 4.98 Å². The predicted octanol–water partition coefficient (Wildman–Crippen LogP) is 1.11. The van der Waals surface area contributed by atoms with Gasteiger partial charge >= 0.3 is 0 Å². The Hall–Kier alpha value is -1.08. The van der Waals surface area contributed by atoms with E-state index < -0.39 is 0 Å². The third-order valence-corrected chi connectivity index (χ3v) is 3.69. The van der Waals surface area contributed by atoms with Crippen molar-refractivity contribution < 1.29 is 0 Å². The van der Waals surface area contributed by atoms with Crippen molar-refractivity contribution in [1.29, 1.82) is 0 Å². The fraction of sp³-hybridized carbons (Fsp3) is 0.538. The van der Waals surface area contributed by atoms with Crippen molar-refractivity contribution in [3.8, 4) is 0 Å². The Labute approximate surface area is 137 Å². The Kier molecular flexibility index (Phi) is 7.17. The molecule has 0 bridgehead atoms. The van der Waals surface area contributed by atoms with E-state index in [0.717, 1.165) is 38.5 Å². The number of piperazine rings is 1. The minimum atomic E-state index is 0. The van der Waals surface area contributed by atoms with Crippen molar-refractivity contribution in [2.24, 2.45) is 7.05 Å². The molecular formula is C13H22Cl2N6. The molecule has 3 rings (SSSR count). The lowest BCUT2D eigenvalue weighted by Gasteiger charge is -2.35. The van der Waals surface area contributed by atoms with Crippen LogP contribution in [-0.4, -0.2) is 50.4 Å². The van der Waals surface area contributed by atoms with Crippen LogP contribution >= 0.6 is 24.8 Å². The average molecular weight is 333 g/mol. The normalized spacial score (nSPS) is 18.8. The number of aromatic nitrogens is 4. The smallest absolute Gasteiger partial charge is 0.127 e. The molecule has 0 aromatic carbocycles. The summed E-state index contributed by atoms with van der Waals surface area (Å²) in [5.41, 5.74) is 0. The topological polar surface area (TPSA) is 50.9 Å². The molecule has 3 heterocycles. The summed E-state index contributed by atoms with van der Waals surface area (Å²) in [5.74, 6) is 1.13. The van der Waals surface area contributed by atoms with Crippen LogP contribution in [0.2, 0.25) is 0 Å². The molecule has 118 valence electrons. The van der Waals surface area contributed by atoms with Crippen molar-refractivity contribution in [3.63, 3.8) is 0 Å². The van der Waals surface area contributed by atoms with Crippen molar-refractivity contribution in [1.82, 2.24) is 29.5 Å². The lowest BCUT2D eigenvalue weighted by atomic mass is 10.1. The molecule has 1 aliphatic rings. The summed E-state index contributed by atoms with van der Waals surface area (Å²) in [6.07, 6.45) is 7.72. The van der Waals surface area contributed by atoms with Crippen molar-refractivity contribution in [2.75, 3.05) is 26.2 Å². The molecule has 6 nitrogen and oxygen atoms in total. The Balaban J connectivity index is 0.00000110. The van der Waals surface area contributed by atoms with Crippen LogP contribution in [0.5, 0.6) is 0 Å². The average Bonchev–Trinajstić information content (AvgIpc) is 3.08. The highest BCUT2D eigenvalue weighted by atomic mass is 35.5. The summed E-state index contributed by atoms with van der Waals surface area (Å²) in [4.78, 5) is 6.98. The summed E-state index contributed by atoms with van der Waals surface area (Å²) >= 11 is 0.